The van der Waals surface area contributed by atoms with Crippen LogP contribution in [-0.2, 0) is 9.53 Å². The van der Waals surface area contributed by atoms with E-state index in [2.05, 4.69) is 4.74 Å². The van der Waals surface area contributed by atoms with Crippen molar-refractivity contribution in [3.05, 3.63) is 54.6 Å². The Labute approximate surface area is 117 Å². The third-order valence-corrected chi connectivity index (χ3v) is 2.61. The Kier molecular flexibility index (Phi) is 5.15. The summed E-state index contributed by atoms with van der Waals surface area (Å²) in [6, 6.07) is 3.57. The monoisotopic (exact) mass is 300 g/mol. The first-order chi connectivity index (χ1) is 9.35. The highest BCUT2D eigenvalue weighted by molar-refractivity contribution is 6.32. The Balaban J connectivity index is 3.28. The second-order valence-corrected chi connectivity index (χ2v) is 4.02. The van der Waals surface area contributed by atoms with Crippen molar-refractivity contribution in [3.63, 3.8) is 0 Å². The maximum absolute atomic E-state index is 11.4. The molecule has 20 heavy (non-hydrogen) atoms. The molecule has 0 bridgehead atoms. The quantitative estimate of drug-likeness (QED) is 0.356. The van der Waals surface area contributed by atoms with Crippen molar-refractivity contribution < 1.29 is 19.4 Å². The minimum Gasteiger partial charge on any atom is -0.465 e. The number of hydrogen-bond acceptors (Lipinski definition) is 6. The van der Waals surface area contributed by atoms with Crippen molar-refractivity contribution in [2.24, 2.45) is 0 Å². The highest BCUT2D eigenvalue weighted by Crippen LogP contribution is 2.24. The van der Waals surface area contributed by atoms with Gasteiger partial charge in [-0.05, 0) is 12.1 Å². The zero-order chi connectivity index (χ0) is 15.3. The van der Waals surface area contributed by atoms with Crippen molar-refractivity contribution in [1.82, 2.24) is 0 Å². The molecule has 1 aromatic rings. The van der Waals surface area contributed by atoms with Gasteiger partial charge in [-0.25, -0.2) is 4.79 Å². The van der Waals surface area contributed by atoms with Crippen LogP contribution in [0.15, 0.2) is 23.8 Å². The van der Waals surface area contributed by atoms with Gasteiger partial charge in [0.2, 0.25) is 6.54 Å². The summed E-state index contributed by atoms with van der Waals surface area (Å²) in [5.74, 6) is -0.899. The van der Waals surface area contributed by atoms with Crippen LogP contribution < -0.4 is 0 Å². The first-order valence-corrected chi connectivity index (χ1v) is 5.57. The number of nitrogens with zero attached hydrogens (tertiary/aromatic N) is 2. The molecular weight excluding hydrogens is 292 g/mol. The van der Waals surface area contributed by atoms with Crippen molar-refractivity contribution in [1.29, 1.82) is 0 Å². The number of benzene rings is 1. The summed E-state index contributed by atoms with van der Waals surface area (Å²) >= 11 is 5.84. The van der Waals surface area contributed by atoms with E-state index < -0.39 is 22.4 Å². The van der Waals surface area contributed by atoms with E-state index in [1.54, 1.807) is 0 Å². The first-order valence-electron chi connectivity index (χ1n) is 5.19. The Hall–Kier alpha value is -2.48. The molecule has 9 heteroatoms. The molecule has 0 radical (unpaired) electrons. The van der Waals surface area contributed by atoms with Crippen LogP contribution in [0.4, 0.5) is 5.69 Å². The molecule has 0 spiro atoms. The zero-order valence-corrected chi connectivity index (χ0v) is 11.0. The average Bonchev–Trinajstić information content (AvgIpc) is 2.38. The van der Waals surface area contributed by atoms with Gasteiger partial charge < -0.3 is 4.74 Å². The normalized spacial score (nSPS) is 11.0. The third kappa shape index (κ3) is 4.02. The van der Waals surface area contributed by atoms with E-state index in [0.29, 0.717) is 0 Å². The average molecular weight is 301 g/mol. The van der Waals surface area contributed by atoms with Crippen molar-refractivity contribution in [3.8, 4) is 0 Å². The molecule has 0 heterocycles. The predicted molar refractivity (Wildman–Crippen MR) is 70.0 cm³/mol. The highest BCUT2D eigenvalue weighted by Gasteiger charge is 2.17. The lowest BCUT2D eigenvalue weighted by molar-refractivity contribution is -0.470. The number of carbonyl (C=O) groups is 1. The van der Waals surface area contributed by atoms with Gasteiger partial charge in [-0.3, -0.25) is 20.2 Å². The van der Waals surface area contributed by atoms with Gasteiger partial charge in [0.05, 0.1) is 12.0 Å². The molecule has 0 unspecified atom stereocenters. The molecule has 0 aliphatic carbocycles. The number of esters is 1. The Morgan fingerprint density at radius 2 is 2.05 bits per heavy atom. The summed E-state index contributed by atoms with van der Waals surface area (Å²) in [5, 5.41) is 21.3. The summed E-state index contributed by atoms with van der Waals surface area (Å²) in [5.41, 5.74) is -0.381. The van der Waals surface area contributed by atoms with E-state index in [9.17, 15) is 25.0 Å². The fraction of sp³-hybridized carbons (Fsp3) is 0.182. The highest BCUT2D eigenvalue weighted by atomic mass is 35.5. The molecule has 1 aromatic carbocycles. The molecule has 0 saturated carbocycles. The van der Waals surface area contributed by atoms with Gasteiger partial charge in [0.25, 0.3) is 5.69 Å². The van der Waals surface area contributed by atoms with Gasteiger partial charge in [0.15, 0.2) is 0 Å². The topological polar surface area (TPSA) is 113 Å². The van der Waals surface area contributed by atoms with Gasteiger partial charge in [-0.15, -0.1) is 0 Å². The Bertz CT molecular complexity index is 599. The van der Waals surface area contributed by atoms with Crippen LogP contribution in [0.2, 0.25) is 5.02 Å². The summed E-state index contributed by atoms with van der Waals surface area (Å²) in [4.78, 5) is 31.2. The second-order valence-electron chi connectivity index (χ2n) is 3.61. The molecule has 8 nitrogen and oxygen atoms in total. The summed E-state index contributed by atoms with van der Waals surface area (Å²) in [6.07, 6.45) is 1.10. The molecule has 0 amide bonds. The first kappa shape index (κ1) is 15.6. The van der Waals surface area contributed by atoms with Gasteiger partial charge in [0.1, 0.15) is 5.57 Å². The number of ether oxygens (including phenoxy) is 1. The minimum absolute atomic E-state index is 0.125. The van der Waals surface area contributed by atoms with E-state index in [1.165, 1.54) is 12.1 Å². The standard InChI is InChI=1S/C11H9ClN2O6/c1-20-11(15)8(6-13(16)17)4-7-5-9(14(18)19)2-3-10(7)12/h2-5H,6H2,1H3/b8-4+. The van der Waals surface area contributed by atoms with E-state index in [0.717, 1.165) is 19.3 Å². The smallest absolute Gasteiger partial charge is 0.340 e. The van der Waals surface area contributed by atoms with Crippen LogP contribution in [0.5, 0.6) is 0 Å². The second kappa shape index (κ2) is 6.62. The fourth-order valence-electron chi connectivity index (χ4n) is 1.38. The SMILES string of the molecule is COC(=O)/C(=C/c1cc([N+](=O)[O-])ccc1Cl)C[N+](=O)[O-]. The summed E-state index contributed by atoms with van der Waals surface area (Å²) < 4.78 is 4.41. The third-order valence-electron chi connectivity index (χ3n) is 2.27. The molecule has 0 aromatic heterocycles. The van der Waals surface area contributed by atoms with E-state index in [1.807, 2.05) is 0 Å². The number of halogens is 1. The van der Waals surface area contributed by atoms with E-state index in [-0.39, 0.29) is 21.8 Å². The van der Waals surface area contributed by atoms with Crippen molar-refractivity contribution >= 4 is 29.3 Å². The molecule has 106 valence electrons. The predicted octanol–water partition coefficient (Wildman–Crippen LogP) is 2.08. The maximum Gasteiger partial charge on any atom is 0.340 e. The lowest BCUT2D eigenvalue weighted by Crippen LogP contribution is -2.14. The lowest BCUT2D eigenvalue weighted by Gasteiger charge is -2.03. The van der Waals surface area contributed by atoms with Gasteiger partial charge in [-0.1, -0.05) is 11.6 Å². The lowest BCUT2D eigenvalue weighted by atomic mass is 10.1. The number of non-ortho nitro benzene ring substituents is 1. The van der Waals surface area contributed by atoms with Crippen LogP contribution in [0, 0.1) is 20.2 Å². The zero-order valence-electron chi connectivity index (χ0n) is 10.2. The van der Waals surface area contributed by atoms with E-state index in [4.69, 9.17) is 11.6 Å². The Morgan fingerprint density at radius 3 is 2.55 bits per heavy atom. The van der Waals surface area contributed by atoms with Crippen LogP contribution in [0.3, 0.4) is 0 Å². The molecule has 0 N–H and O–H groups in total. The minimum atomic E-state index is -0.899. The van der Waals surface area contributed by atoms with E-state index >= 15 is 0 Å². The number of rotatable bonds is 5. The molecule has 0 fully saturated rings. The Morgan fingerprint density at radius 1 is 1.40 bits per heavy atom. The molecule has 1 rings (SSSR count). The number of hydrogen-bond donors (Lipinski definition) is 0. The molecule has 0 aliphatic heterocycles. The van der Waals surface area contributed by atoms with Gasteiger partial charge in [-0.2, -0.15) is 0 Å². The van der Waals surface area contributed by atoms with Crippen LogP contribution >= 0.6 is 11.6 Å². The summed E-state index contributed by atoms with van der Waals surface area (Å²) in [6.45, 7) is -0.772. The van der Waals surface area contributed by atoms with Crippen LogP contribution in [0.25, 0.3) is 6.08 Å². The number of carbonyl (C=O) groups excluding carboxylic acids is 1. The fourth-order valence-corrected chi connectivity index (χ4v) is 1.55. The largest absolute Gasteiger partial charge is 0.465 e. The number of nitro benzene ring substituents is 1. The van der Waals surface area contributed by atoms with Crippen LogP contribution in [-0.4, -0.2) is 29.5 Å². The van der Waals surface area contributed by atoms with Crippen molar-refractivity contribution in [2.75, 3.05) is 13.7 Å². The molecular formula is C11H9ClN2O6. The summed E-state index contributed by atoms with van der Waals surface area (Å²) in [7, 11) is 1.07. The van der Waals surface area contributed by atoms with Crippen LogP contribution in [0.1, 0.15) is 5.56 Å². The molecule has 0 aliphatic rings. The molecule has 0 saturated heterocycles. The number of methoxy groups -OCH3 is 1. The molecule has 0 atom stereocenters. The van der Waals surface area contributed by atoms with Gasteiger partial charge >= 0.3 is 5.97 Å². The maximum atomic E-state index is 11.4. The van der Waals surface area contributed by atoms with Crippen molar-refractivity contribution in [2.45, 2.75) is 0 Å². The number of nitro groups is 2. The van der Waals surface area contributed by atoms with Gasteiger partial charge in [0, 0.05) is 27.6 Å².